The first kappa shape index (κ1) is 20.7. The molecule has 8 nitrogen and oxygen atoms in total. The monoisotopic (exact) mass is 413 g/mol. The lowest BCUT2D eigenvalue weighted by Gasteiger charge is -2.32. The summed E-state index contributed by atoms with van der Waals surface area (Å²) in [4.78, 5) is 14.8. The molecule has 0 unspecified atom stereocenters. The third kappa shape index (κ3) is 4.76. The smallest absolute Gasteiger partial charge is 0.319 e. The van der Waals surface area contributed by atoms with Gasteiger partial charge in [0.15, 0.2) is 0 Å². The number of hydrogen-bond acceptors (Lipinski definition) is 5. The van der Waals surface area contributed by atoms with Crippen molar-refractivity contribution in [1.82, 2.24) is 20.0 Å². The zero-order chi connectivity index (χ0) is 20.9. The number of ether oxygens (including phenoxy) is 2. The molecule has 0 aliphatic carbocycles. The summed E-state index contributed by atoms with van der Waals surface area (Å²) in [5, 5.41) is 10.8. The van der Waals surface area contributed by atoms with E-state index in [0.29, 0.717) is 6.61 Å². The molecule has 0 radical (unpaired) electrons. The molecule has 1 fully saturated rings. The van der Waals surface area contributed by atoms with Gasteiger partial charge >= 0.3 is 6.03 Å². The van der Waals surface area contributed by atoms with Crippen LogP contribution in [-0.2, 0) is 30.9 Å². The standard InChI is InChI=1S/C22H31N5O3/c1-3-27-21-9-12-30-15-19(21)20(25-27)14-26-10-7-16(8-11-26)23-22(28)24-17-5-4-6-18(13-17)29-2/h4-6,13,16H,3,7-12,14-15H2,1-2H3,(H2,23,24,28). The highest BCUT2D eigenvalue weighted by atomic mass is 16.5. The first-order chi connectivity index (χ1) is 14.7. The largest absolute Gasteiger partial charge is 0.497 e. The number of carbonyl (C=O) groups is 1. The number of nitrogens with zero attached hydrogens (tertiary/aromatic N) is 3. The van der Waals surface area contributed by atoms with Crippen LogP contribution in [0.5, 0.6) is 5.75 Å². The van der Waals surface area contributed by atoms with Gasteiger partial charge in [-0.2, -0.15) is 5.10 Å². The van der Waals surface area contributed by atoms with Gasteiger partial charge in [0.05, 0.1) is 26.0 Å². The summed E-state index contributed by atoms with van der Waals surface area (Å²) in [5.74, 6) is 0.721. The number of fused-ring (bicyclic) bond motifs is 1. The molecule has 162 valence electrons. The molecular formula is C22H31N5O3. The molecule has 30 heavy (non-hydrogen) atoms. The van der Waals surface area contributed by atoms with Gasteiger partial charge in [-0.25, -0.2) is 4.79 Å². The average molecular weight is 414 g/mol. The van der Waals surface area contributed by atoms with E-state index in [1.807, 2.05) is 24.3 Å². The summed E-state index contributed by atoms with van der Waals surface area (Å²) in [7, 11) is 1.61. The van der Waals surface area contributed by atoms with Crippen LogP contribution >= 0.6 is 0 Å². The van der Waals surface area contributed by atoms with Crippen LogP contribution in [-0.4, -0.2) is 53.6 Å². The topological polar surface area (TPSA) is 80.7 Å². The Bertz CT molecular complexity index is 874. The summed E-state index contributed by atoms with van der Waals surface area (Å²) in [6, 6.07) is 7.38. The molecule has 0 atom stereocenters. The van der Waals surface area contributed by atoms with Gasteiger partial charge in [0.1, 0.15) is 5.75 Å². The van der Waals surface area contributed by atoms with E-state index in [0.717, 1.165) is 69.2 Å². The third-order valence-corrected chi connectivity index (χ3v) is 5.90. The summed E-state index contributed by atoms with van der Waals surface area (Å²) in [5.41, 5.74) is 4.49. The lowest BCUT2D eigenvalue weighted by atomic mass is 10.0. The highest BCUT2D eigenvalue weighted by Crippen LogP contribution is 2.23. The average Bonchev–Trinajstić information content (AvgIpc) is 3.13. The number of methoxy groups -OCH3 is 1. The highest BCUT2D eigenvalue weighted by molar-refractivity contribution is 5.89. The maximum atomic E-state index is 12.3. The van der Waals surface area contributed by atoms with Crippen molar-refractivity contribution in [3.63, 3.8) is 0 Å². The fourth-order valence-electron chi connectivity index (χ4n) is 4.27. The number of urea groups is 1. The predicted molar refractivity (Wildman–Crippen MR) is 115 cm³/mol. The van der Waals surface area contributed by atoms with Crippen molar-refractivity contribution in [3.8, 4) is 5.75 Å². The van der Waals surface area contributed by atoms with E-state index in [2.05, 4.69) is 27.1 Å². The Kier molecular flexibility index (Phi) is 6.54. The maximum absolute atomic E-state index is 12.3. The van der Waals surface area contributed by atoms with E-state index < -0.39 is 0 Å². The van der Waals surface area contributed by atoms with Crippen LogP contribution < -0.4 is 15.4 Å². The molecule has 0 saturated carbocycles. The number of rotatable bonds is 6. The molecule has 0 spiro atoms. The summed E-state index contributed by atoms with van der Waals surface area (Å²) in [6.07, 6.45) is 2.81. The fraction of sp³-hybridized carbons (Fsp3) is 0.545. The maximum Gasteiger partial charge on any atom is 0.319 e. The molecule has 3 heterocycles. The van der Waals surface area contributed by atoms with Crippen LogP contribution in [0.2, 0.25) is 0 Å². The zero-order valence-corrected chi connectivity index (χ0v) is 17.8. The Labute approximate surface area is 177 Å². The first-order valence-corrected chi connectivity index (χ1v) is 10.8. The second kappa shape index (κ2) is 9.49. The summed E-state index contributed by atoms with van der Waals surface area (Å²) < 4.78 is 13.0. The van der Waals surface area contributed by atoms with Gasteiger partial charge in [0.2, 0.25) is 0 Å². The highest BCUT2D eigenvalue weighted by Gasteiger charge is 2.25. The second-order valence-electron chi connectivity index (χ2n) is 7.87. The lowest BCUT2D eigenvalue weighted by Crippen LogP contribution is -2.45. The van der Waals surface area contributed by atoms with Crippen molar-refractivity contribution in [2.24, 2.45) is 0 Å². The van der Waals surface area contributed by atoms with E-state index in [1.165, 1.54) is 11.3 Å². The normalized spacial score (nSPS) is 17.4. The van der Waals surface area contributed by atoms with Crippen molar-refractivity contribution in [2.45, 2.75) is 51.9 Å². The number of piperidine rings is 1. The summed E-state index contributed by atoms with van der Waals surface area (Å²) in [6.45, 7) is 7.23. The molecule has 2 aliphatic heterocycles. The molecule has 2 N–H and O–H groups in total. The first-order valence-electron chi connectivity index (χ1n) is 10.8. The number of benzene rings is 1. The Hall–Kier alpha value is -2.58. The van der Waals surface area contributed by atoms with Crippen LogP contribution in [0, 0.1) is 0 Å². The van der Waals surface area contributed by atoms with Gasteiger partial charge in [0.25, 0.3) is 0 Å². The molecular weight excluding hydrogens is 382 g/mol. The Morgan fingerprint density at radius 1 is 1.33 bits per heavy atom. The third-order valence-electron chi connectivity index (χ3n) is 5.90. The zero-order valence-electron chi connectivity index (χ0n) is 17.8. The van der Waals surface area contributed by atoms with Crippen molar-refractivity contribution < 1.29 is 14.3 Å². The van der Waals surface area contributed by atoms with E-state index in [4.69, 9.17) is 14.6 Å². The number of anilines is 1. The van der Waals surface area contributed by atoms with E-state index in [-0.39, 0.29) is 12.1 Å². The van der Waals surface area contributed by atoms with Crippen molar-refractivity contribution in [2.75, 3.05) is 32.1 Å². The second-order valence-corrected chi connectivity index (χ2v) is 7.87. The van der Waals surface area contributed by atoms with Gasteiger partial charge in [0, 0.05) is 61.7 Å². The lowest BCUT2D eigenvalue weighted by molar-refractivity contribution is 0.107. The van der Waals surface area contributed by atoms with Crippen LogP contribution in [0.1, 0.15) is 36.7 Å². The molecule has 4 rings (SSSR count). The van der Waals surface area contributed by atoms with Crippen molar-refractivity contribution in [1.29, 1.82) is 0 Å². The molecule has 2 aliphatic rings. The number of aryl methyl sites for hydroxylation is 1. The minimum Gasteiger partial charge on any atom is -0.497 e. The molecule has 1 aromatic heterocycles. The van der Waals surface area contributed by atoms with Gasteiger partial charge in [-0.05, 0) is 31.9 Å². The minimum atomic E-state index is -0.172. The molecule has 2 aromatic rings. The van der Waals surface area contributed by atoms with Gasteiger partial charge in [-0.1, -0.05) is 6.07 Å². The van der Waals surface area contributed by atoms with Gasteiger partial charge < -0.3 is 20.1 Å². The predicted octanol–water partition coefficient (Wildman–Crippen LogP) is 2.77. The van der Waals surface area contributed by atoms with Crippen LogP contribution in [0.15, 0.2) is 24.3 Å². The number of carbonyl (C=O) groups excluding carboxylic acids is 1. The quantitative estimate of drug-likeness (QED) is 0.761. The molecule has 2 amide bonds. The summed E-state index contributed by atoms with van der Waals surface area (Å²) >= 11 is 0. The molecule has 1 saturated heterocycles. The van der Waals surface area contributed by atoms with E-state index >= 15 is 0 Å². The molecule has 1 aromatic carbocycles. The van der Waals surface area contributed by atoms with Crippen molar-refractivity contribution in [3.05, 3.63) is 41.2 Å². The fourth-order valence-corrected chi connectivity index (χ4v) is 4.27. The van der Waals surface area contributed by atoms with Crippen molar-refractivity contribution >= 4 is 11.7 Å². The SMILES string of the molecule is CCn1nc(CN2CCC(NC(=O)Nc3cccc(OC)c3)CC2)c2c1CCOC2. The van der Waals surface area contributed by atoms with E-state index in [9.17, 15) is 4.79 Å². The Morgan fingerprint density at radius 2 is 2.17 bits per heavy atom. The van der Waals surface area contributed by atoms with Gasteiger partial charge in [-0.3, -0.25) is 9.58 Å². The van der Waals surface area contributed by atoms with Crippen LogP contribution in [0.3, 0.4) is 0 Å². The van der Waals surface area contributed by atoms with Crippen LogP contribution in [0.25, 0.3) is 0 Å². The molecule has 8 heteroatoms. The number of nitrogens with one attached hydrogen (secondary N) is 2. The number of hydrogen-bond donors (Lipinski definition) is 2. The number of amides is 2. The Balaban J connectivity index is 1.27. The minimum absolute atomic E-state index is 0.172. The number of aromatic nitrogens is 2. The van der Waals surface area contributed by atoms with Gasteiger partial charge in [-0.15, -0.1) is 0 Å². The Morgan fingerprint density at radius 3 is 2.93 bits per heavy atom. The molecule has 0 bridgehead atoms. The number of likely N-dealkylation sites (tertiary alicyclic amines) is 1. The van der Waals surface area contributed by atoms with E-state index in [1.54, 1.807) is 7.11 Å². The van der Waals surface area contributed by atoms with Crippen LogP contribution in [0.4, 0.5) is 10.5 Å².